The molecule has 0 unspecified atom stereocenters. The van der Waals surface area contributed by atoms with Crippen LogP contribution in [-0.2, 0) is 17.8 Å². The number of aryl methyl sites for hydroxylation is 1. The molecule has 0 saturated carbocycles. The molecule has 0 aliphatic carbocycles. The van der Waals surface area contributed by atoms with Crippen molar-refractivity contribution in [2.24, 2.45) is 4.99 Å². The Morgan fingerprint density at radius 2 is 2.04 bits per heavy atom. The first-order chi connectivity index (χ1) is 10.7. The van der Waals surface area contributed by atoms with E-state index in [4.69, 9.17) is 0 Å². The summed E-state index contributed by atoms with van der Waals surface area (Å²) in [6.45, 7) is 11.5. The van der Waals surface area contributed by atoms with Crippen molar-refractivity contribution in [3.63, 3.8) is 0 Å². The third-order valence-corrected chi connectivity index (χ3v) is 3.93. The van der Waals surface area contributed by atoms with Crippen LogP contribution in [0.5, 0.6) is 0 Å². The highest BCUT2D eigenvalue weighted by molar-refractivity contribution is 14.0. The highest BCUT2D eigenvalue weighted by Crippen LogP contribution is 2.11. The minimum Gasteiger partial charge on any atom is -0.357 e. The van der Waals surface area contributed by atoms with E-state index in [0.29, 0.717) is 12.5 Å². The zero-order valence-corrected chi connectivity index (χ0v) is 18.6. The van der Waals surface area contributed by atoms with Crippen molar-refractivity contribution in [2.45, 2.75) is 53.1 Å². The fourth-order valence-electron chi connectivity index (χ4n) is 1.96. The molecule has 0 aliphatic heterocycles. The quantitative estimate of drug-likeness (QED) is 0.384. The Morgan fingerprint density at radius 1 is 1.38 bits per heavy atom. The molecule has 1 amide bonds. The lowest BCUT2D eigenvalue weighted by molar-refractivity contribution is -0.122. The molecule has 1 rings (SSSR count). The molecule has 1 aromatic rings. The molecule has 0 bridgehead atoms. The number of thiazole rings is 1. The number of halogens is 1. The van der Waals surface area contributed by atoms with Gasteiger partial charge < -0.3 is 15.5 Å². The van der Waals surface area contributed by atoms with Crippen LogP contribution in [0, 0.1) is 0 Å². The summed E-state index contributed by atoms with van der Waals surface area (Å²) >= 11 is 1.66. The van der Waals surface area contributed by atoms with Gasteiger partial charge in [-0.15, -0.1) is 35.3 Å². The molecule has 0 fully saturated rings. The summed E-state index contributed by atoms with van der Waals surface area (Å²) in [6.07, 6.45) is 0.946. The summed E-state index contributed by atoms with van der Waals surface area (Å²) in [5, 5.41) is 9.33. The zero-order chi connectivity index (χ0) is 17.5. The summed E-state index contributed by atoms with van der Waals surface area (Å²) in [5.74, 6) is 0.690. The second-order valence-corrected chi connectivity index (χ2v) is 7.35. The smallest absolute Gasteiger partial charge is 0.240 e. The Kier molecular flexibility index (Phi) is 10.5. The lowest BCUT2D eigenvalue weighted by atomic mass is 10.1. The molecule has 138 valence electrons. The third kappa shape index (κ3) is 8.81. The van der Waals surface area contributed by atoms with Gasteiger partial charge >= 0.3 is 0 Å². The normalized spacial score (nSPS) is 11.7. The van der Waals surface area contributed by atoms with E-state index in [2.05, 4.69) is 27.5 Å². The van der Waals surface area contributed by atoms with E-state index in [-0.39, 0.29) is 42.0 Å². The number of likely N-dealkylation sites (N-methyl/N-ethyl adjacent to an activating group) is 1. The van der Waals surface area contributed by atoms with Crippen LogP contribution in [0.25, 0.3) is 0 Å². The number of hydrogen-bond acceptors (Lipinski definition) is 4. The van der Waals surface area contributed by atoms with Crippen molar-refractivity contribution in [1.29, 1.82) is 0 Å². The molecule has 8 heteroatoms. The first-order valence-corrected chi connectivity index (χ1v) is 8.86. The summed E-state index contributed by atoms with van der Waals surface area (Å²) < 4.78 is 0. The van der Waals surface area contributed by atoms with Crippen LogP contribution in [-0.4, -0.2) is 47.4 Å². The predicted molar refractivity (Wildman–Crippen MR) is 112 cm³/mol. The molecule has 0 radical (unpaired) electrons. The number of carbonyl (C=O) groups is 1. The molecular weight excluding hydrogens is 437 g/mol. The fourth-order valence-corrected chi connectivity index (χ4v) is 2.69. The summed E-state index contributed by atoms with van der Waals surface area (Å²) in [7, 11) is 1.86. The van der Waals surface area contributed by atoms with Gasteiger partial charge in [-0.05, 0) is 34.1 Å². The maximum absolute atomic E-state index is 12.0. The lowest BCUT2D eigenvalue weighted by Gasteiger charge is -2.25. The van der Waals surface area contributed by atoms with Gasteiger partial charge in [0.05, 0.1) is 23.8 Å². The van der Waals surface area contributed by atoms with Crippen molar-refractivity contribution in [3.8, 4) is 0 Å². The first kappa shape index (κ1) is 23.1. The molecule has 24 heavy (non-hydrogen) atoms. The zero-order valence-electron chi connectivity index (χ0n) is 15.5. The second kappa shape index (κ2) is 10.9. The van der Waals surface area contributed by atoms with Gasteiger partial charge in [0.2, 0.25) is 5.91 Å². The van der Waals surface area contributed by atoms with Gasteiger partial charge in [0.1, 0.15) is 0 Å². The maximum atomic E-state index is 12.0. The Bertz CT molecular complexity index is 539. The van der Waals surface area contributed by atoms with Crippen molar-refractivity contribution < 1.29 is 4.79 Å². The molecule has 0 atom stereocenters. The number of aromatic nitrogens is 1. The van der Waals surface area contributed by atoms with E-state index in [1.165, 1.54) is 0 Å². The van der Waals surface area contributed by atoms with E-state index in [1.54, 1.807) is 11.3 Å². The van der Waals surface area contributed by atoms with Gasteiger partial charge in [-0.1, -0.05) is 6.92 Å². The molecule has 1 heterocycles. The average Bonchev–Trinajstić information content (AvgIpc) is 2.89. The van der Waals surface area contributed by atoms with Crippen LogP contribution in [0.4, 0.5) is 0 Å². The van der Waals surface area contributed by atoms with Gasteiger partial charge in [-0.25, -0.2) is 9.98 Å². The number of carbonyl (C=O) groups excluding carboxylic acids is 1. The second-order valence-electron chi connectivity index (χ2n) is 6.41. The fraction of sp³-hybridized carbons (Fsp3) is 0.688. The summed E-state index contributed by atoms with van der Waals surface area (Å²) in [5.41, 5.74) is 0.736. The number of guanidine groups is 1. The van der Waals surface area contributed by atoms with Crippen molar-refractivity contribution >= 4 is 47.2 Å². The van der Waals surface area contributed by atoms with Gasteiger partial charge in [-0.3, -0.25) is 4.79 Å². The van der Waals surface area contributed by atoms with Crippen LogP contribution in [0.15, 0.2) is 10.4 Å². The van der Waals surface area contributed by atoms with Gasteiger partial charge in [0.15, 0.2) is 5.96 Å². The predicted octanol–water partition coefficient (Wildman–Crippen LogP) is 2.64. The molecule has 0 spiro atoms. The molecular formula is C16H30IN5OS. The Balaban J connectivity index is 0.00000529. The van der Waals surface area contributed by atoms with Crippen LogP contribution in [0.2, 0.25) is 0 Å². The first-order valence-electron chi connectivity index (χ1n) is 7.99. The van der Waals surface area contributed by atoms with E-state index in [0.717, 1.165) is 23.7 Å². The number of amides is 1. The topological polar surface area (TPSA) is 69.6 Å². The largest absolute Gasteiger partial charge is 0.357 e. The van der Waals surface area contributed by atoms with Crippen molar-refractivity contribution in [2.75, 3.05) is 20.1 Å². The standard InChI is InChI=1S/C16H29N5OS.HI/c1-7-14-19-12(11-23-14)9-18-15(17-8-2)21(6)10-13(22)20-16(3,4)5;/h11H,7-10H2,1-6H3,(H,17,18)(H,20,22);1H. The van der Waals surface area contributed by atoms with E-state index in [1.807, 2.05) is 45.0 Å². The molecule has 0 aromatic carbocycles. The third-order valence-electron chi connectivity index (χ3n) is 2.88. The molecule has 1 aromatic heterocycles. The Morgan fingerprint density at radius 3 is 2.54 bits per heavy atom. The van der Waals surface area contributed by atoms with E-state index < -0.39 is 0 Å². The monoisotopic (exact) mass is 467 g/mol. The summed E-state index contributed by atoms with van der Waals surface area (Å²) in [6, 6.07) is 0. The van der Waals surface area contributed by atoms with Gasteiger partial charge in [0.25, 0.3) is 0 Å². The SMILES string of the molecule is CCNC(=NCc1csc(CC)n1)N(C)CC(=O)NC(C)(C)C.I. The molecule has 6 nitrogen and oxygen atoms in total. The van der Waals surface area contributed by atoms with Crippen molar-refractivity contribution in [1.82, 2.24) is 20.5 Å². The molecule has 0 aliphatic rings. The highest BCUT2D eigenvalue weighted by Gasteiger charge is 2.16. The Labute approximate surface area is 166 Å². The van der Waals surface area contributed by atoms with Crippen LogP contribution in [0.3, 0.4) is 0 Å². The van der Waals surface area contributed by atoms with E-state index in [9.17, 15) is 4.79 Å². The van der Waals surface area contributed by atoms with Crippen molar-refractivity contribution in [3.05, 3.63) is 16.1 Å². The molecule has 2 N–H and O–H groups in total. The number of nitrogens with zero attached hydrogens (tertiary/aromatic N) is 3. The minimum atomic E-state index is -0.232. The number of hydrogen-bond donors (Lipinski definition) is 2. The van der Waals surface area contributed by atoms with Gasteiger partial charge in [0, 0.05) is 24.5 Å². The summed E-state index contributed by atoms with van der Waals surface area (Å²) in [4.78, 5) is 23.0. The van der Waals surface area contributed by atoms with E-state index >= 15 is 0 Å². The van der Waals surface area contributed by atoms with Crippen LogP contribution in [0.1, 0.15) is 45.3 Å². The number of nitrogens with one attached hydrogen (secondary N) is 2. The van der Waals surface area contributed by atoms with Gasteiger partial charge in [-0.2, -0.15) is 0 Å². The highest BCUT2D eigenvalue weighted by atomic mass is 127. The Hall–Kier alpha value is -0.900. The molecule has 0 saturated heterocycles. The maximum Gasteiger partial charge on any atom is 0.240 e. The lowest BCUT2D eigenvalue weighted by Crippen LogP contribution is -2.48. The minimum absolute atomic E-state index is 0. The number of rotatable bonds is 6. The number of aliphatic imine (C=N–C) groups is 1. The average molecular weight is 467 g/mol. The van der Waals surface area contributed by atoms with Crippen LogP contribution >= 0.6 is 35.3 Å². The van der Waals surface area contributed by atoms with Crippen LogP contribution < -0.4 is 10.6 Å².